The number of esters is 1. The molecule has 3 N–H and O–H groups in total. The van der Waals surface area contributed by atoms with E-state index in [2.05, 4.69) is 15.4 Å². The van der Waals surface area contributed by atoms with Crippen LogP contribution in [0.5, 0.6) is 0 Å². The molecule has 0 unspecified atom stereocenters. The van der Waals surface area contributed by atoms with E-state index in [1.54, 1.807) is 0 Å². The van der Waals surface area contributed by atoms with Gasteiger partial charge in [-0.2, -0.15) is 0 Å². The highest BCUT2D eigenvalue weighted by atomic mass is 16.5. The first-order valence-electron chi connectivity index (χ1n) is 5.76. The molecule has 0 aliphatic carbocycles. The van der Waals surface area contributed by atoms with Crippen LogP contribution in [0.3, 0.4) is 0 Å². The highest BCUT2D eigenvalue weighted by molar-refractivity contribution is 5.88. The maximum Gasteiger partial charge on any atom is 0.326 e. The predicted molar refractivity (Wildman–Crippen MR) is 61.7 cm³/mol. The van der Waals surface area contributed by atoms with Crippen LogP contribution < -0.4 is 10.6 Å². The molecule has 0 aromatic rings. The molecule has 3 atom stereocenters. The number of carboxylic acids is 1. The van der Waals surface area contributed by atoms with Crippen LogP contribution in [0.4, 0.5) is 0 Å². The first-order chi connectivity index (χ1) is 8.45. The van der Waals surface area contributed by atoms with Gasteiger partial charge in [0, 0.05) is 6.54 Å². The van der Waals surface area contributed by atoms with Crippen molar-refractivity contribution in [3.05, 3.63) is 0 Å². The normalized spacial score (nSPS) is 24.3. The second-order valence-electron chi connectivity index (χ2n) is 4.42. The van der Waals surface area contributed by atoms with Crippen LogP contribution >= 0.6 is 0 Å². The lowest BCUT2D eigenvalue weighted by atomic mass is 9.97. The average Bonchev–Trinajstić information content (AvgIpc) is 2.74. The molecule has 1 fully saturated rings. The molecule has 1 saturated heterocycles. The zero-order valence-corrected chi connectivity index (χ0v) is 10.4. The Kier molecular flexibility index (Phi) is 5.08. The first kappa shape index (κ1) is 14.4. The monoisotopic (exact) mass is 258 g/mol. The van der Waals surface area contributed by atoms with Gasteiger partial charge in [-0.25, -0.2) is 4.79 Å². The smallest absolute Gasteiger partial charge is 0.326 e. The molecule has 0 aromatic carbocycles. The molecule has 18 heavy (non-hydrogen) atoms. The third kappa shape index (κ3) is 3.69. The van der Waals surface area contributed by atoms with E-state index in [9.17, 15) is 14.4 Å². The number of carbonyl (C=O) groups excluding carboxylic acids is 2. The summed E-state index contributed by atoms with van der Waals surface area (Å²) in [6.45, 7) is 3.17. The Bertz CT molecular complexity index is 344. The number of hydrogen-bond acceptors (Lipinski definition) is 5. The van der Waals surface area contributed by atoms with Crippen molar-refractivity contribution in [1.29, 1.82) is 0 Å². The molecule has 1 heterocycles. The maximum absolute atomic E-state index is 11.9. The van der Waals surface area contributed by atoms with Crippen LogP contribution in [-0.4, -0.2) is 49.2 Å². The van der Waals surface area contributed by atoms with E-state index in [4.69, 9.17) is 5.11 Å². The SMILES string of the molecule is COC(=O)C[C@H](NC(=O)[C@@H]1CNC[C@H]1C)C(=O)O. The second-order valence-corrected chi connectivity index (χ2v) is 4.42. The van der Waals surface area contributed by atoms with Gasteiger partial charge in [0.05, 0.1) is 19.4 Å². The van der Waals surface area contributed by atoms with Gasteiger partial charge >= 0.3 is 11.9 Å². The summed E-state index contributed by atoms with van der Waals surface area (Å²) in [5.41, 5.74) is 0. The summed E-state index contributed by atoms with van der Waals surface area (Å²) in [5.74, 6) is -2.36. The van der Waals surface area contributed by atoms with Gasteiger partial charge in [0.25, 0.3) is 0 Å². The van der Waals surface area contributed by atoms with E-state index in [1.807, 2.05) is 6.92 Å². The van der Waals surface area contributed by atoms with Crippen molar-refractivity contribution < 1.29 is 24.2 Å². The summed E-state index contributed by atoms with van der Waals surface area (Å²) in [4.78, 5) is 33.9. The zero-order chi connectivity index (χ0) is 13.7. The van der Waals surface area contributed by atoms with Gasteiger partial charge < -0.3 is 20.5 Å². The molecule has 0 aromatic heterocycles. The molecule has 1 amide bonds. The Morgan fingerprint density at radius 2 is 2.11 bits per heavy atom. The molecular formula is C11H18N2O5. The standard InChI is InChI=1S/C11H18N2O5/c1-6-4-12-5-7(6)10(15)13-8(11(16)17)3-9(14)18-2/h6-8,12H,3-5H2,1-2H3,(H,13,15)(H,16,17)/t6-,7-,8+/m1/s1. The molecule has 1 rings (SSSR count). The lowest BCUT2D eigenvalue weighted by molar-refractivity contribution is -0.149. The number of methoxy groups -OCH3 is 1. The van der Waals surface area contributed by atoms with Crippen molar-refractivity contribution in [2.24, 2.45) is 11.8 Å². The Balaban J connectivity index is 2.57. The van der Waals surface area contributed by atoms with Crippen molar-refractivity contribution in [3.8, 4) is 0 Å². The van der Waals surface area contributed by atoms with Crippen molar-refractivity contribution in [2.75, 3.05) is 20.2 Å². The summed E-state index contributed by atoms with van der Waals surface area (Å²) in [6, 6.07) is -1.24. The Morgan fingerprint density at radius 1 is 1.44 bits per heavy atom. The molecule has 0 bridgehead atoms. The van der Waals surface area contributed by atoms with E-state index in [0.717, 1.165) is 6.54 Å². The summed E-state index contributed by atoms with van der Waals surface area (Å²) in [5, 5.41) is 14.4. The van der Waals surface area contributed by atoms with Gasteiger partial charge in [-0.1, -0.05) is 6.92 Å². The number of carbonyl (C=O) groups is 3. The van der Waals surface area contributed by atoms with E-state index in [1.165, 1.54) is 7.11 Å². The molecule has 0 spiro atoms. The van der Waals surface area contributed by atoms with Crippen LogP contribution in [0.15, 0.2) is 0 Å². The van der Waals surface area contributed by atoms with Gasteiger partial charge in [-0.15, -0.1) is 0 Å². The second kappa shape index (κ2) is 6.34. The number of carboxylic acid groups (broad SMARTS) is 1. The van der Waals surface area contributed by atoms with Gasteiger partial charge in [-0.05, 0) is 12.5 Å². The Morgan fingerprint density at radius 3 is 2.56 bits per heavy atom. The highest BCUT2D eigenvalue weighted by Gasteiger charge is 2.32. The third-order valence-corrected chi connectivity index (χ3v) is 3.07. The zero-order valence-electron chi connectivity index (χ0n) is 10.4. The molecule has 1 aliphatic heterocycles. The van der Waals surface area contributed by atoms with Crippen molar-refractivity contribution >= 4 is 17.8 Å². The topological polar surface area (TPSA) is 105 Å². The van der Waals surface area contributed by atoms with E-state index in [-0.39, 0.29) is 24.2 Å². The minimum Gasteiger partial charge on any atom is -0.480 e. The molecular weight excluding hydrogens is 240 g/mol. The number of hydrogen-bond donors (Lipinski definition) is 3. The van der Waals surface area contributed by atoms with Crippen LogP contribution in [0.2, 0.25) is 0 Å². The quantitative estimate of drug-likeness (QED) is 0.545. The summed E-state index contributed by atoms with van der Waals surface area (Å²) >= 11 is 0. The fourth-order valence-corrected chi connectivity index (χ4v) is 1.89. The number of ether oxygens (including phenoxy) is 1. The van der Waals surface area contributed by atoms with Gasteiger partial charge in [0.1, 0.15) is 6.04 Å². The largest absolute Gasteiger partial charge is 0.480 e. The summed E-state index contributed by atoms with van der Waals surface area (Å²) < 4.78 is 4.39. The van der Waals surface area contributed by atoms with Crippen molar-refractivity contribution in [1.82, 2.24) is 10.6 Å². The minimum absolute atomic E-state index is 0.151. The molecule has 7 heteroatoms. The van der Waals surface area contributed by atoms with Gasteiger partial charge in [-0.3, -0.25) is 9.59 Å². The molecule has 0 radical (unpaired) electrons. The Labute approximate surface area is 105 Å². The van der Waals surface area contributed by atoms with Gasteiger partial charge in [0.15, 0.2) is 0 Å². The predicted octanol–water partition coefficient (Wildman–Crippen LogP) is -1.03. The van der Waals surface area contributed by atoms with Crippen molar-refractivity contribution in [2.45, 2.75) is 19.4 Å². The number of amides is 1. The van der Waals surface area contributed by atoms with E-state index >= 15 is 0 Å². The lowest BCUT2D eigenvalue weighted by Crippen LogP contribution is -2.46. The summed E-state index contributed by atoms with van der Waals surface area (Å²) in [6.07, 6.45) is -0.369. The highest BCUT2D eigenvalue weighted by Crippen LogP contribution is 2.16. The molecule has 1 aliphatic rings. The fraction of sp³-hybridized carbons (Fsp3) is 0.727. The molecule has 7 nitrogen and oxygen atoms in total. The minimum atomic E-state index is -1.24. The maximum atomic E-state index is 11.9. The summed E-state index contributed by atoms with van der Waals surface area (Å²) in [7, 11) is 1.17. The third-order valence-electron chi connectivity index (χ3n) is 3.07. The van der Waals surface area contributed by atoms with Crippen LogP contribution in [0.25, 0.3) is 0 Å². The average molecular weight is 258 g/mol. The van der Waals surface area contributed by atoms with Crippen LogP contribution in [-0.2, 0) is 19.1 Å². The van der Waals surface area contributed by atoms with E-state index < -0.39 is 18.0 Å². The van der Waals surface area contributed by atoms with Crippen LogP contribution in [0, 0.1) is 11.8 Å². The first-order valence-corrected chi connectivity index (χ1v) is 5.76. The number of aliphatic carboxylic acids is 1. The molecule has 102 valence electrons. The van der Waals surface area contributed by atoms with E-state index in [0.29, 0.717) is 6.54 Å². The Hall–Kier alpha value is -1.63. The number of rotatable bonds is 5. The number of nitrogens with one attached hydrogen (secondary N) is 2. The van der Waals surface area contributed by atoms with Crippen molar-refractivity contribution in [3.63, 3.8) is 0 Å². The fourth-order valence-electron chi connectivity index (χ4n) is 1.89. The van der Waals surface area contributed by atoms with Crippen LogP contribution in [0.1, 0.15) is 13.3 Å². The molecule has 0 saturated carbocycles. The van der Waals surface area contributed by atoms with Gasteiger partial charge in [0.2, 0.25) is 5.91 Å². The lowest BCUT2D eigenvalue weighted by Gasteiger charge is -2.18.